The van der Waals surface area contributed by atoms with Crippen molar-refractivity contribution < 1.29 is 9.53 Å². The van der Waals surface area contributed by atoms with Gasteiger partial charge in [-0.25, -0.2) is 4.79 Å². The van der Waals surface area contributed by atoms with Crippen LogP contribution in [0.25, 0.3) is 0 Å². The van der Waals surface area contributed by atoms with Gasteiger partial charge in [0.15, 0.2) is 0 Å². The predicted molar refractivity (Wildman–Crippen MR) is 86.3 cm³/mol. The second-order valence-corrected chi connectivity index (χ2v) is 7.08. The Morgan fingerprint density at radius 2 is 1.86 bits per heavy atom. The van der Waals surface area contributed by atoms with Gasteiger partial charge in [-0.15, -0.1) is 0 Å². The minimum Gasteiger partial charge on any atom is -0.444 e. The van der Waals surface area contributed by atoms with E-state index in [1.54, 1.807) is 0 Å². The average Bonchev–Trinajstić information content (AvgIpc) is 2.65. The Hall–Kier alpha value is -0.810. The molecule has 0 spiro atoms. The third-order valence-electron chi connectivity index (χ3n) is 4.13. The molecular formula is C16H33N3O2. The lowest BCUT2D eigenvalue weighted by Crippen LogP contribution is -2.50. The van der Waals surface area contributed by atoms with Gasteiger partial charge in [-0.1, -0.05) is 25.7 Å². The number of alkyl carbamates (subject to hydrolysis) is 1. The number of nitrogens with one attached hydrogen (secondary N) is 1. The fourth-order valence-corrected chi connectivity index (χ4v) is 2.87. The predicted octanol–water partition coefficient (Wildman–Crippen LogP) is 2.49. The number of carbonyl (C=O) groups excluding carboxylic acids is 1. The number of rotatable bonds is 5. The lowest BCUT2D eigenvalue weighted by molar-refractivity contribution is 0.0503. The third kappa shape index (κ3) is 7.14. The Morgan fingerprint density at radius 1 is 1.29 bits per heavy atom. The molecule has 0 aromatic rings. The van der Waals surface area contributed by atoms with Crippen molar-refractivity contribution in [2.24, 2.45) is 5.73 Å². The van der Waals surface area contributed by atoms with E-state index in [-0.39, 0.29) is 12.1 Å². The van der Waals surface area contributed by atoms with Crippen molar-refractivity contribution in [3.63, 3.8) is 0 Å². The molecule has 0 aromatic carbocycles. The summed E-state index contributed by atoms with van der Waals surface area (Å²) < 4.78 is 5.27. The summed E-state index contributed by atoms with van der Waals surface area (Å²) in [6.45, 7) is 6.68. The molecule has 124 valence electrons. The van der Waals surface area contributed by atoms with Crippen LogP contribution in [0.2, 0.25) is 0 Å². The summed E-state index contributed by atoms with van der Waals surface area (Å²) in [6, 6.07) is 0.752. The van der Waals surface area contributed by atoms with E-state index >= 15 is 0 Å². The standard InChI is InChI=1S/C16H33N3O2/c1-16(2,3)21-15(20)18-12-14(11-17)19(4)13-9-7-5-6-8-10-13/h13-14H,5-12,17H2,1-4H3,(H,18,20). The van der Waals surface area contributed by atoms with E-state index in [1.807, 2.05) is 20.8 Å². The lowest BCUT2D eigenvalue weighted by atomic mass is 10.1. The monoisotopic (exact) mass is 299 g/mol. The molecule has 1 atom stereocenters. The summed E-state index contributed by atoms with van der Waals surface area (Å²) in [7, 11) is 2.13. The van der Waals surface area contributed by atoms with Crippen molar-refractivity contribution in [3.05, 3.63) is 0 Å². The Bertz CT molecular complexity index is 307. The average molecular weight is 299 g/mol. The Labute approximate surface area is 129 Å². The van der Waals surface area contributed by atoms with Crippen LogP contribution in [0, 0.1) is 0 Å². The number of ether oxygens (including phenoxy) is 1. The number of hydrogen-bond donors (Lipinski definition) is 2. The van der Waals surface area contributed by atoms with Gasteiger partial charge in [0.1, 0.15) is 5.60 Å². The highest BCUT2D eigenvalue weighted by Gasteiger charge is 2.24. The number of hydrogen-bond acceptors (Lipinski definition) is 4. The maximum atomic E-state index is 11.7. The van der Waals surface area contributed by atoms with Crippen LogP contribution in [0.1, 0.15) is 59.3 Å². The zero-order valence-corrected chi connectivity index (χ0v) is 14.2. The van der Waals surface area contributed by atoms with Gasteiger partial charge >= 0.3 is 6.09 Å². The normalized spacial score (nSPS) is 19.1. The maximum absolute atomic E-state index is 11.7. The first-order valence-electron chi connectivity index (χ1n) is 8.22. The van der Waals surface area contributed by atoms with Gasteiger partial charge in [0.05, 0.1) is 0 Å². The van der Waals surface area contributed by atoms with Crippen LogP contribution in [0.15, 0.2) is 0 Å². The number of likely N-dealkylation sites (N-methyl/N-ethyl adjacent to an activating group) is 1. The van der Waals surface area contributed by atoms with Crippen LogP contribution in [-0.4, -0.2) is 48.8 Å². The molecule has 0 radical (unpaired) electrons. The molecular weight excluding hydrogens is 266 g/mol. The lowest BCUT2D eigenvalue weighted by Gasteiger charge is -2.34. The molecule has 0 bridgehead atoms. The van der Waals surface area contributed by atoms with Crippen molar-refractivity contribution in [3.8, 4) is 0 Å². The first kappa shape index (κ1) is 18.2. The zero-order chi connectivity index (χ0) is 15.9. The fraction of sp³-hybridized carbons (Fsp3) is 0.938. The van der Waals surface area contributed by atoms with E-state index in [9.17, 15) is 4.79 Å². The van der Waals surface area contributed by atoms with E-state index in [2.05, 4.69) is 17.3 Å². The van der Waals surface area contributed by atoms with E-state index in [0.29, 0.717) is 19.1 Å². The Morgan fingerprint density at radius 3 is 2.33 bits per heavy atom. The second-order valence-electron chi connectivity index (χ2n) is 7.08. The zero-order valence-electron chi connectivity index (χ0n) is 14.2. The highest BCUT2D eigenvalue weighted by molar-refractivity contribution is 5.67. The summed E-state index contributed by atoms with van der Waals surface area (Å²) in [6.07, 6.45) is 7.38. The molecule has 0 heterocycles. The minimum atomic E-state index is -0.463. The molecule has 1 saturated carbocycles. The topological polar surface area (TPSA) is 67.6 Å². The molecule has 1 aliphatic rings. The van der Waals surface area contributed by atoms with Crippen LogP contribution in [-0.2, 0) is 4.74 Å². The van der Waals surface area contributed by atoms with Crippen molar-refractivity contribution in [2.45, 2.75) is 77.0 Å². The third-order valence-corrected chi connectivity index (χ3v) is 4.13. The smallest absolute Gasteiger partial charge is 0.407 e. The van der Waals surface area contributed by atoms with Crippen LogP contribution in [0.5, 0.6) is 0 Å². The van der Waals surface area contributed by atoms with Crippen molar-refractivity contribution in [1.82, 2.24) is 10.2 Å². The molecule has 5 heteroatoms. The van der Waals surface area contributed by atoms with E-state index in [1.165, 1.54) is 38.5 Å². The van der Waals surface area contributed by atoms with E-state index in [0.717, 1.165) is 0 Å². The van der Waals surface area contributed by atoms with Gasteiger partial charge in [0.25, 0.3) is 0 Å². The highest BCUT2D eigenvalue weighted by atomic mass is 16.6. The van der Waals surface area contributed by atoms with Gasteiger partial charge < -0.3 is 15.8 Å². The molecule has 1 amide bonds. The Balaban J connectivity index is 2.43. The van der Waals surface area contributed by atoms with E-state index in [4.69, 9.17) is 10.5 Å². The van der Waals surface area contributed by atoms with Crippen molar-refractivity contribution in [1.29, 1.82) is 0 Å². The van der Waals surface area contributed by atoms with Gasteiger partial charge in [0, 0.05) is 25.2 Å². The maximum Gasteiger partial charge on any atom is 0.407 e. The molecule has 21 heavy (non-hydrogen) atoms. The highest BCUT2D eigenvalue weighted by Crippen LogP contribution is 2.22. The molecule has 3 N–H and O–H groups in total. The molecule has 0 aliphatic heterocycles. The van der Waals surface area contributed by atoms with Crippen LogP contribution in [0.4, 0.5) is 4.79 Å². The molecule has 1 aliphatic carbocycles. The van der Waals surface area contributed by atoms with Gasteiger partial charge in [-0.3, -0.25) is 4.90 Å². The van der Waals surface area contributed by atoms with E-state index < -0.39 is 5.60 Å². The van der Waals surface area contributed by atoms with Crippen LogP contribution < -0.4 is 11.1 Å². The second kappa shape index (κ2) is 8.59. The molecule has 0 aromatic heterocycles. The van der Waals surface area contributed by atoms with Gasteiger partial charge in [-0.2, -0.15) is 0 Å². The number of carbonyl (C=O) groups is 1. The summed E-state index contributed by atoms with van der Waals surface area (Å²) >= 11 is 0. The first-order valence-corrected chi connectivity index (χ1v) is 8.22. The van der Waals surface area contributed by atoms with Gasteiger partial charge in [0.2, 0.25) is 0 Å². The number of nitrogens with zero attached hydrogens (tertiary/aromatic N) is 1. The van der Waals surface area contributed by atoms with Crippen molar-refractivity contribution >= 4 is 6.09 Å². The molecule has 0 saturated heterocycles. The molecule has 1 fully saturated rings. The van der Waals surface area contributed by atoms with Crippen LogP contribution >= 0.6 is 0 Å². The SMILES string of the molecule is CN(C1CCCCCC1)C(CN)CNC(=O)OC(C)(C)C. The van der Waals surface area contributed by atoms with Gasteiger partial charge in [-0.05, 0) is 40.7 Å². The van der Waals surface area contributed by atoms with Crippen LogP contribution in [0.3, 0.4) is 0 Å². The number of amides is 1. The fourth-order valence-electron chi connectivity index (χ4n) is 2.87. The summed E-state index contributed by atoms with van der Waals surface area (Å²) in [4.78, 5) is 14.1. The largest absolute Gasteiger partial charge is 0.444 e. The minimum absolute atomic E-state index is 0.167. The molecule has 5 nitrogen and oxygen atoms in total. The summed E-state index contributed by atoms with van der Waals surface area (Å²) in [5.74, 6) is 0. The Kier molecular flexibility index (Phi) is 7.46. The first-order chi connectivity index (χ1) is 9.83. The summed E-state index contributed by atoms with van der Waals surface area (Å²) in [5, 5.41) is 2.84. The quantitative estimate of drug-likeness (QED) is 0.765. The van der Waals surface area contributed by atoms with Crippen molar-refractivity contribution in [2.75, 3.05) is 20.1 Å². The molecule has 1 unspecified atom stereocenters. The summed E-state index contributed by atoms with van der Waals surface area (Å²) in [5.41, 5.74) is 5.44. The number of nitrogens with two attached hydrogens (primary N) is 1. The molecule has 1 rings (SSSR count).